The third-order valence-corrected chi connectivity index (χ3v) is 6.39. The maximum absolute atomic E-state index is 12.4. The van der Waals surface area contributed by atoms with Gasteiger partial charge in [0.2, 0.25) is 0 Å². The second kappa shape index (κ2) is 9.08. The van der Waals surface area contributed by atoms with Crippen molar-refractivity contribution >= 4 is 34.5 Å². The summed E-state index contributed by atoms with van der Waals surface area (Å²) in [5.74, 6) is 0.0465. The van der Waals surface area contributed by atoms with E-state index in [2.05, 4.69) is 41.1 Å². The smallest absolute Gasteiger partial charge is 0.407 e. The normalized spacial score (nSPS) is 12.3. The number of alkyl carbamates (subject to hydrolysis) is 1. The number of aromatic nitrogens is 1. The van der Waals surface area contributed by atoms with Crippen LogP contribution >= 0.6 is 11.6 Å². The van der Waals surface area contributed by atoms with Gasteiger partial charge in [0, 0.05) is 30.0 Å². The Hall–Kier alpha value is -3.63. The molecule has 33 heavy (non-hydrogen) atoms. The molecular formula is C28H23ClN2O2. The molecule has 164 valence electrons. The Labute approximate surface area is 197 Å². The highest BCUT2D eigenvalue weighted by atomic mass is 35.5. The molecule has 0 aliphatic heterocycles. The van der Waals surface area contributed by atoms with Crippen molar-refractivity contribution in [2.24, 2.45) is 0 Å². The summed E-state index contributed by atoms with van der Waals surface area (Å²) < 4.78 is 5.60. The van der Waals surface area contributed by atoms with Crippen LogP contribution in [-0.4, -0.2) is 24.2 Å². The van der Waals surface area contributed by atoms with Crippen molar-refractivity contribution in [1.82, 2.24) is 10.3 Å². The molecule has 4 nitrogen and oxygen atoms in total. The van der Waals surface area contributed by atoms with Crippen LogP contribution in [0, 0.1) is 0 Å². The summed E-state index contributed by atoms with van der Waals surface area (Å²) in [4.78, 5) is 17.0. The first-order valence-corrected chi connectivity index (χ1v) is 11.3. The average Bonchev–Trinajstić information content (AvgIpc) is 3.16. The van der Waals surface area contributed by atoms with Crippen molar-refractivity contribution < 1.29 is 9.53 Å². The summed E-state index contributed by atoms with van der Waals surface area (Å²) in [6.07, 6.45) is 1.86. The van der Waals surface area contributed by atoms with Crippen LogP contribution < -0.4 is 5.32 Å². The maximum atomic E-state index is 12.4. The number of fused-ring (bicyclic) bond motifs is 4. The lowest BCUT2D eigenvalue weighted by atomic mass is 9.98. The molecule has 5 heteroatoms. The lowest BCUT2D eigenvalue weighted by Gasteiger charge is -2.14. The Morgan fingerprint density at radius 1 is 1.03 bits per heavy atom. The summed E-state index contributed by atoms with van der Waals surface area (Å²) in [6.45, 7) is 4.58. The molecule has 1 amide bonds. The molecule has 1 N–H and O–H groups in total. The van der Waals surface area contributed by atoms with Crippen molar-refractivity contribution in [3.8, 4) is 11.1 Å². The van der Waals surface area contributed by atoms with E-state index >= 15 is 0 Å². The van der Waals surface area contributed by atoms with Gasteiger partial charge in [0.25, 0.3) is 0 Å². The standard InChI is InChI=1S/C28H23ClN2O2/c1-2-26-27-18(8-7-13-25(27)29)16-19(31-26)14-15-30-28(32)33-17-24-22-11-5-3-9-20(22)21-10-4-6-12-23(21)24/h2-13,16,24H,1,14-15,17H2,(H,30,32). The van der Waals surface area contributed by atoms with Crippen molar-refractivity contribution in [2.75, 3.05) is 13.2 Å². The van der Waals surface area contributed by atoms with Gasteiger partial charge >= 0.3 is 6.09 Å². The molecule has 0 spiro atoms. The molecule has 0 radical (unpaired) electrons. The fourth-order valence-electron chi connectivity index (χ4n) is 4.57. The molecular weight excluding hydrogens is 432 g/mol. The van der Waals surface area contributed by atoms with E-state index in [0.29, 0.717) is 24.6 Å². The lowest BCUT2D eigenvalue weighted by molar-refractivity contribution is 0.143. The number of amides is 1. The summed E-state index contributed by atoms with van der Waals surface area (Å²) in [5, 5.41) is 5.39. The predicted molar refractivity (Wildman–Crippen MR) is 134 cm³/mol. The van der Waals surface area contributed by atoms with Crippen LogP contribution in [0.25, 0.3) is 28.0 Å². The average molecular weight is 455 g/mol. The summed E-state index contributed by atoms with van der Waals surface area (Å²) in [7, 11) is 0. The highest BCUT2D eigenvalue weighted by Gasteiger charge is 2.28. The van der Waals surface area contributed by atoms with Crippen molar-refractivity contribution in [1.29, 1.82) is 0 Å². The van der Waals surface area contributed by atoms with E-state index in [0.717, 1.165) is 22.2 Å². The van der Waals surface area contributed by atoms with E-state index < -0.39 is 6.09 Å². The minimum absolute atomic E-state index is 0.0465. The van der Waals surface area contributed by atoms with E-state index in [1.54, 1.807) is 6.08 Å². The zero-order valence-electron chi connectivity index (χ0n) is 18.1. The number of pyridine rings is 1. The number of carbonyl (C=O) groups is 1. The van der Waals surface area contributed by atoms with E-state index in [9.17, 15) is 4.79 Å². The molecule has 0 atom stereocenters. The second-order valence-corrected chi connectivity index (χ2v) is 8.45. The highest BCUT2D eigenvalue weighted by Crippen LogP contribution is 2.44. The molecule has 1 aromatic heterocycles. The number of ether oxygens (including phenoxy) is 1. The Balaban J connectivity index is 1.21. The molecule has 4 aromatic rings. The summed E-state index contributed by atoms with van der Waals surface area (Å²) >= 11 is 6.33. The molecule has 0 saturated carbocycles. The fourth-order valence-corrected chi connectivity index (χ4v) is 4.85. The van der Waals surface area contributed by atoms with Gasteiger partial charge < -0.3 is 10.1 Å². The monoisotopic (exact) mass is 454 g/mol. The van der Waals surface area contributed by atoms with Crippen LogP contribution in [0.5, 0.6) is 0 Å². The predicted octanol–water partition coefficient (Wildman–Crippen LogP) is 6.61. The van der Waals surface area contributed by atoms with E-state index in [4.69, 9.17) is 16.3 Å². The fraction of sp³-hybridized carbons (Fsp3) is 0.143. The minimum Gasteiger partial charge on any atom is -0.449 e. The van der Waals surface area contributed by atoms with Gasteiger partial charge in [0.1, 0.15) is 6.61 Å². The Kier molecular flexibility index (Phi) is 5.84. The van der Waals surface area contributed by atoms with E-state index in [1.165, 1.54) is 22.3 Å². The van der Waals surface area contributed by atoms with Gasteiger partial charge in [-0.05, 0) is 45.8 Å². The first-order chi connectivity index (χ1) is 16.2. The van der Waals surface area contributed by atoms with Crippen LogP contribution in [0.1, 0.15) is 28.4 Å². The number of benzene rings is 3. The van der Waals surface area contributed by atoms with Crippen LogP contribution in [0.3, 0.4) is 0 Å². The molecule has 0 unspecified atom stereocenters. The van der Waals surface area contributed by atoms with Gasteiger partial charge in [-0.1, -0.05) is 78.8 Å². The summed E-state index contributed by atoms with van der Waals surface area (Å²) in [5.41, 5.74) is 6.42. The van der Waals surface area contributed by atoms with Gasteiger partial charge in [-0.25, -0.2) is 4.79 Å². The number of nitrogens with one attached hydrogen (secondary N) is 1. The first-order valence-electron chi connectivity index (χ1n) is 10.9. The SMILES string of the molecule is C=Cc1nc(CCNC(=O)OCC2c3ccccc3-c3ccccc32)cc2cccc(Cl)c12. The number of hydrogen-bond donors (Lipinski definition) is 1. The molecule has 5 rings (SSSR count). The zero-order valence-corrected chi connectivity index (χ0v) is 18.8. The number of carbonyl (C=O) groups excluding carboxylic acids is 1. The van der Waals surface area contributed by atoms with Gasteiger partial charge in [0.15, 0.2) is 0 Å². The Morgan fingerprint density at radius 3 is 2.42 bits per heavy atom. The van der Waals surface area contributed by atoms with Crippen LogP contribution in [0.4, 0.5) is 4.79 Å². The maximum Gasteiger partial charge on any atom is 0.407 e. The van der Waals surface area contributed by atoms with Crippen LogP contribution in [-0.2, 0) is 11.2 Å². The molecule has 0 bridgehead atoms. The van der Waals surface area contributed by atoms with Gasteiger partial charge in [-0.3, -0.25) is 4.98 Å². The van der Waals surface area contributed by atoms with E-state index in [-0.39, 0.29) is 5.92 Å². The number of halogens is 1. The Bertz CT molecular complexity index is 1320. The van der Waals surface area contributed by atoms with Crippen molar-refractivity contribution in [2.45, 2.75) is 12.3 Å². The molecule has 1 aliphatic carbocycles. The van der Waals surface area contributed by atoms with Gasteiger partial charge in [-0.15, -0.1) is 0 Å². The molecule has 3 aromatic carbocycles. The van der Waals surface area contributed by atoms with Crippen LogP contribution in [0.2, 0.25) is 5.02 Å². The number of hydrogen-bond acceptors (Lipinski definition) is 3. The molecule has 1 heterocycles. The lowest BCUT2D eigenvalue weighted by Crippen LogP contribution is -2.28. The summed E-state index contributed by atoms with van der Waals surface area (Å²) in [6, 6.07) is 24.3. The number of nitrogens with zero attached hydrogens (tertiary/aromatic N) is 1. The van der Waals surface area contributed by atoms with Crippen LogP contribution in [0.15, 0.2) is 79.4 Å². The zero-order chi connectivity index (χ0) is 22.8. The third-order valence-electron chi connectivity index (χ3n) is 6.08. The highest BCUT2D eigenvalue weighted by molar-refractivity contribution is 6.36. The molecule has 0 fully saturated rings. The largest absolute Gasteiger partial charge is 0.449 e. The second-order valence-electron chi connectivity index (χ2n) is 8.04. The molecule has 1 aliphatic rings. The quantitative estimate of drug-likeness (QED) is 0.356. The van der Waals surface area contributed by atoms with Crippen molar-refractivity contribution in [3.05, 3.63) is 107 Å². The first kappa shape index (κ1) is 21.2. The third kappa shape index (κ3) is 4.10. The topological polar surface area (TPSA) is 51.2 Å². The van der Waals surface area contributed by atoms with E-state index in [1.807, 2.05) is 48.5 Å². The Morgan fingerprint density at radius 2 is 1.73 bits per heavy atom. The molecule has 0 saturated heterocycles. The number of rotatable bonds is 6. The van der Waals surface area contributed by atoms with Gasteiger partial charge in [0.05, 0.1) is 10.7 Å². The van der Waals surface area contributed by atoms with Crippen molar-refractivity contribution in [3.63, 3.8) is 0 Å². The van der Waals surface area contributed by atoms with Gasteiger partial charge in [-0.2, -0.15) is 0 Å². The minimum atomic E-state index is -0.426.